The number of aromatic nitrogens is 1. The van der Waals surface area contributed by atoms with Gasteiger partial charge in [-0.15, -0.1) is 0 Å². The van der Waals surface area contributed by atoms with Crippen molar-refractivity contribution in [2.75, 3.05) is 6.61 Å². The Hall–Kier alpha value is -2.78. The van der Waals surface area contributed by atoms with E-state index in [4.69, 9.17) is 21.6 Å². The molecule has 29 heavy (non-hydrogen) atoms. The molecule has 148 valence electrons. The molecule has 0 atom stereocenters. The van der Waals surface area contributed by atoms with Crippen molar-refractivity contribution >= 4 is 23.2 Å². The first-order valence-corrected chi connectivity index (χ1v) is 9.69. The maximum Gasteiger partial charge on any atom is 0.170 e. The van der Waals surface area contributed by atoms with Gasteiger partial charge in [0.25, 0.3) is 0 Å². The fourth-order valence-corrected chi connectivity index (χ4v) is 4.75. The summed E-state index contributed by atoms with van der Waals surface area (Å²) >= 11 is 5.62. The summed E-state index contributed by atoms with van der Waals surface area (Å²) in [4.78, 5) is 29.1. The van der Waals surface area contributed by atoms with Crippen molar-refractivity contribution in [3.63, 3.8) is 0 Å². The highest BCUT2D eigenvalue weighted by molar-refractivity contribution is 6.30. The van der Waals surface area contributed by atoms with Gasteiger partial charge in [0.15, 0.2) is 5.78 Å². The van der Waals surface area contributed by atoms with Crippen molar-refractivity contribution in [2.24, 2.45) is 10.8 Å². The summed E-state index contributed by atoms with van der Waals surface area (Å²) in [6, 6.07) is 9.42. The maximum absolute atomic E-state index is 13.4. The monoisotopic (exact) mass is 412 g/mol. The van der Waals surface area contributed by atoms with Gasteiger partial charge < -0.3 is 4.74 Å². The number of hydrogen-bond acceptors (Lipinski definition) is 5. The Morgan fingerprint density at radius 3 is 2.62 bits per heavy atom. The van der Waals surface area contributed by atoms with E-state index in [0.29, 0.717) is 17.7 Å². The number of rotatable bonds is 8. The number of hydrogen-bond donors (Lipinski definition) is 0. The number of pyridine rings is 1. The molecule has 3 saturated carbocycles. The Balaban J connectivity index is 1.24. The minimum atomic E-state index is -0.590. The third-order valence-corrected chi connectivity index (χ3v) is 6.20. The van der Waals surface area contributed by atoms with Crippen molar-refractivity contribution in [1.82, 2.24) is 4.98 Å². The summed E-state index contributed by atoms with van der Waals surface area (Å²) < 4.78 is 18.8. The fraction of sp³-hybridized carbons (Fsp3) is 0.364. The van der Waals surface area contributed by atoms with Crippen LogP contribution in [0.2, 0.25) is 5.02 Å². The van der Waals surface area contributed by atoms with Crippen LogP contribution in [-0.4, -0.2) is 23.2 Å². The van der Waals surface area contributed by atoms with Crippen LogP contribution in [0.1, 0.15) is 36.9 Å². The predicted octanol–water partition coefficient (Wildman–Crippen LogP) is 4.07. The van der Waals surface area contributed by atoms with Gasteiger partial charge in [-0.1, -0.05) is 11.6 Å². The molecular weight excluding hydrogens is 395 g/mol. The van der Waals surface area contributed by atoms with E-state index in [0.717, 1.165) is 25.3 Å². The van der Waals surface area contributed by atoms with Gasteiger partial charge in [0.05, 0.1) is 10.6 Å². The Labute approximate surface area is 172 Å². The Kier molecular flexibility index (Phi) is 4.87. The van der Waals surface area contributed by atoms with Crippen LogP contribution in [0.25, 0.3) is 0 Å². The summed E-state index contributed by atoms with van der Waals surface area (Å²) in [6.45, 7) is -0.126. The Morgan fingerprint density at radius 1 is 1.24 bits per heavy atom. The average molecular weight is 413 g/mol. The maximum atomic E-state index is 13.4. The van der Waals surface area contributed by atoms with Gasteiger partial charge in [0.2, 0.25) is 0 Å². The van der Waals surface area contributed by atoms with Crippen LogP contribution in [0.5, 0.6) is 5.75 Å². The summed E-state index contributed by atoms with van der Waals surface area (Å²) in [5.41, 5.74) is 0.704. The zero-order valence-electron chi connectivity index (χ0n) is 15.6. The molecule has 3 aliphatic rings. The van der Waals surface area contributed by atoms with E-state index < -0.39 is 5.82 Å². The number of carbonyl (C=O) groups excluding carboxylic acids is 2. The molecule has 3 fully saturated rings. The molecule has 0 radical (unpaired) electrons. The molecule has 7 heteroatoms. The first-order valence-electron chi connectivity index (χ1n) is 9.31. The van der Waals surface area contributed by atoms with E-state index in [1.165, 1.54) is 18.3 Å². The number of Topliss-reactive ketones (excluding diaryl/α,β-unsaturated/α-hetero) is 2. The number of nitriles is 1. The fourth-order valence-electron chi connectivity index (χ4n) is 4.63. The topological polar surface area (TPSA) is 80.0 Å². The third kappa shape index (κ3) is 3.75. The molecule has 0 spiro atoms. The summed E-state index contributed by atoms with van der Waals surface area (Å²) in [7, 11) is 0. The second kappa shape index (κ2) is 7.23. The second-order valence-corrected chi connectivity index (χ2v) is 8.55. The van der Waals surface area contributed by atoms with E-state index >= 15 is 0 Å². The standard InChI is InChI=1S/C22H18ClFN2O3/c23-18-4-3-17(6-19(18)24)29-10-16(27)7-21-11-22(12-21,13-21)20(28)5-15-2-1-14(8-25)9-26-15/h1-4,6,9H,5,7,10-13H2. The quantitative estimate of drug-likeness (QED) is 0.653. The van der Waals surface area contributed by atoms with Crippen molar-refractivity contribution in [2.45, 2.75) is 32.1 Å². The highest BCUT2D eigenvalue weighted by atomic mass is 35.5. The average Bonchev–Trinajstić information content (AvgIpc) is 2.65. The van der Waals surface area contributed by atoms with Crippen LogP contribution in [-0.2, 0) is 16.0 Å². The minimum absolute atomic E-state index is 0.00344. The first-order chi connectivity index (χ1) is 13.8. The second-order valence-electron chi connectivity index (χ2n) is 8.14. The lowest BCUT2D eigenvalue weighted by atomic mass is 9.33. The first kappa shape index (κ1) is 19.5. The molecule has 3 aliphatic carbocycles. The highest BCUT2D eigenvalue weighted by Crippen LogP contribution is 2.75. The Bertz CT molecular complexity index is 1010. The van der Waals surface area contributed by atoms with Gasteiger partial charge >= 0.3 is 0 Å². The van der Waals surface area contributed by atoms with Crippen molar-refractivity contribution in [3.05, 3.63) is 58.6 Å². The molecule has 5 rings (SSSR count). The SMILES string of the molecule is N#Cc1ccc(CC(=O)C23CC(CC(=O)COc4ccc(Cl)c(F)c4)(C2)C3)nc1. The van der Waals surface area contributed by atoms with Crippen LogP contribution in [0, 0.1) is 28.0 Å². The van der Waals surface area contributed by atoms with E-state index in [1.54, 1.807) is 12.1 Å². The third-order valence-electron chi connectivity index (χ3n) is 5.89. The molecular formula is C22H18ClFN2O3. The lowest BCUT2D eigenvalue weighted by Gasteiger charge is -2.70. The zero-order chi connectivity index (χ0) is 20.6. The summed E-state index contributed by atoms with van der Waals surface area (Å²) in [5, 5.41) is 8.81. The van der Waals surface area contributed by atoms with E-state index in [2.05, 4.69) is 4.98 Å². The lowest BCUT2D eigenvalue weighted by molar-refractivity contribution is -0.207. The molecule has 2 bridgehead atoms. The molecule has 0 N–H and O–H groups in total. The number of ether oxygens (including phenoxy) is 1. The Morgan fingerprint density at radius 2 is 2.00 bits per heavy atom. The van der Waals surface area contributed by atoms with Crippen LogP contribution < -0.4 is 4.74 Å². The van der Waals surface area contributed by atoms with Gasteiger partial charge in [-0.25, -0.2) is 4.39 Å². The van der Waals surface area contributed by atoms with E-state index in [9.17, 15) is 14.0 Å². The molecule has 0 saturated heterocycles. The molecule has 0 aliphatic heterocycles. The van der Waals surface area contributed by atoms with Gasteiger partial charge in [-0.05, 0) is 48.9 Å². The van der Waals surface area contributed by atoms with Gasteiger partial charge in [0, 0.05) is 36.2 Å². The molecule has 5 nitrogen and oxygen atoms in total. The number of ketones is 2. The van der Waals surface area contributed by atoms with Gasteiger partial charge in [0.1, 0.15) is 30.0 Å². The zero-order valence-corrected chi connectivity index (χ0v) is 16.3. The van der Waals surface area contributed by atoms with Gasteiger partial charge in [-0.2, -0.15) is 5.26 Å². The molecule has 1 heterocycles. The van der Waals surface area contributed by atoms with Crippen molar-refractivity contribution < 1.29 is 18.7 Å². The summed E-state index contributed by atoms with van der Waals surface area (Å²) in [5.74, 6) is -0.237. The number of halogens is 2. The predicted molar refractivity (Wildman–Crippen MR) is 103 cm³/mol. The van der Waals surface area contributed by atoms with Crippen LogP contribution in [0.15, 0.2) is 36.5 Å². The largest absolute Gasteiger partial charge is 0.486 e. The van der Waals surface area contributed by atoms with Crippen molar-refractivity contribution in [1.29, 1.82) is 5.26 Å². The summed E-state index contributed by atoms with van der Waals surface area (Å²) in [6.07, 6.45) is 4.24. The van der Waals surface area contributed by atoms with E-state index in [1.807, 2.05) is 6.07 Å². The van der Waals surface area contributed by atoms with Crippen molar-refractivity contribution in [3.8, 4) is 11.8 Å². The highest BCUT2D eigenvalue weighted by Gasteiger charge is 2.70. The number of nitrogens with zero attached hydrogens (tertiary/aromatic N) is 2. The van der Waals surface area contributed by atoms with Crippen LogP contribution >= 0.6 is 11.6 Å². The number of benzene rings is 1. The van der Waals surface area contributed by atoms with Crippen LogP contribution in [0.3, 0.4) is 0 Å². The molecule has 0 unspecified atom stereocenters. The van der Waals surface area contributed by atoms with E-state index in [-0.39, 0.29) is 46.2 Å². The smallest absolute Gasteiger partial charge is 0.170 e. The van der Waals surface area contributed by atoms with Gasteiger partial charge in [-0.3, -0.25) is 14.6 Å². The number of carbonyl (C=O) groups is 2. The molecule has 0 amide bonds. The molecule has 1 aromatic carbocycles. The molecule has 1 aromatic heterocycles. The molecule has 2 aromatic rings. The normalized spacial score (nSPS) is 24.0. The van der Waals surface area contributed by atoms with Crippen LogP contribution in [0.4, 0.5) is 4.39 Å². The lowest BCUT2D eigenvalue weighted by Crippen LogP contribution is -2.66. The minimum Gasteiger partial charge on any atom is -0.486 e.